The second kappa shape index (κ2) is 15.1. The first-order valence-electron chi connectivity index (χ1n) is 21.3. The van der Waals surface area contributed by atoms with Gasteiger partial charge in [0.05, 0.1) is 11.0 Å². The molecule has 296 valence electrons. The monoisotopic (exact) mass is 822 g/mol. The van der Waals surface area contributed by atoms with Crippen LogP contribution in [0.25, 0.3) is 83.6 Å². The zero-order chi connectivity index (χ0) is 41.7. The van der Waals surface area contributed by atoms with Gasteiger partial charge in [-0.25, -0.2) is 4.98 Å². The molecular weight excluding hydrogens is 785 g/mol. The van der Waals surface area contributed by atoms with Crippen LogP contribution in [0.3, 0.4) is 0 Å². The smallest absolute Gasteiger partial charge is 0.238 e. The van der Waals surface area contributed by atoms with Crippen LogP contribution in [0.15, 0.2) is 235 Å². The first-order valence-corrected chi connectivity index (χ1v) is 23.3. The molecule has 0 atom stereocenters. The number of nitrogens with zero attached hydrogens (tertiary/aromatic N) is 4. The van der Waals surface area contributed by atoms with E-state index in [0.29, 0.717) is 17.6 Å². The lowest BCUT2D eigenvalue weighted by atomic mass is 10.1. The van der Waals surface area contributed by atoms with Crippen molar-refractivity contribution in [2.24, 2.45) is 0 Å². The van der Waals surface area contributed by atoms with Crippen LogP contribution in [0.2, 0.25) is 0 Å². The highest BCUT2D eigenvalue weighted by molar-refractivity contribution is 7.20. The molecule has 0 aliphatic heterocycles. The quantitative estimate of drug-likeness (QED) is 0.113. The Bertz CT molecular complexity index is 3540. The van der Waals surface area contributed by atoms with Crippen molar-refractivity contribution in [2.75, 3.05) is 0 Å². The molecule has 0 spiro atoms. The summed E-state index contributed by atoms with van der Waals surface area (Å²) in [6.07, 6.45) is 0. The fourth-order valence-electron chi connectivity index (χ4n) is 9.56. The lowest BCUT2D eigenvalue weighted by molar-refractivity contribution is 0.669. The van der Waals surface area contributed by atoms with Crippen LogP contribution in [-0.2, 0) is 0 Å². The van der Waals surface area contributed by atoms with Gasteiger partial charge in [-0.1, -0.05) is 194 Å². The van der Waals surface area contributed by atoms with Crippen molar-refractivity contribution in [3.8, 4) is 39.9 Å². The SMILES string of the molecule is c1ccc(-c2cccc([Si](c3ccccc3)(c3ccccc3)c3cccc(-c4nc(-c5ccc6oc7ccccc7c6c5)nc(-n5c6ccccc6c6ccccc65)n4)c3)c2)cc1. The van der Waals surface area contributed by atoms with Gasteiger partial charge in [0.15, 0.2) is 19.7 Å². The average molecular weight is 823 g/mol. The maximum atomic E-state index is 6.25. The number of hydrogen-bond donors (Lipinski definition) is 0. The third-order valence-electron chi connectivity index (χ3n) is 12.4. The molecule has 0 radical (unpaired) electrons. The van der Waals surface area contributed by atoms with Gasteiger partial charge in [-0.2, -0.15) is 9.97 Å². The first-order chi connectivity index (χ1) is 31.2. The van der Waals surface area contributed by atoms with Gasteiger partial charge in [-0.05, 0) is 68.3 Å². The Balaban J connectivity index is 1.12. The van der Waals surface area contributed by atoms with Crippen LogP contribution in [-0.4, -0.2) is 27.6 Å². The Hall–Kier alpha value is -8.19. The molecule has 9 aromatic carbocycles. The molecule has 0 aliphatic rings. The normalized spacial score (nSPS) is 11.8. The summed E-state index contributed by atoms with van der Waals surface area (Å²) < 4.78 is 8.43. The minimum atomic E-state index is -2.98. The van der Waals surface area contributed by atoms with Crippen molar-refractivity contribution in [1.29, 1.82) is 0 Å². The molecule has 0 N–H and O–H groups in total. The fraction of sp³-hybridized carbons (Fsp3) is 0. The van der Waals surface area contributed by atoms with Crippen LogP contribution in [0.4, 0.5) is 0 Å². The third kappa shape index (κ3) is 6.10. The van der Waals surface area contributed by atoms with E-state index in [1.54, 1.807) is 0 Å². The molecule has 12 aromatic rings. The highest BCUT2D eigenvalue weighted by Crippen LogP contribution is 2.35. The van der Waals surface area contributed by atoms with E-state index in [1.807, 2.05) is 24.3 Å². The maximum Gasteiger partial charge on any atom is 0.238 e. The van der Waals surface area contributed by atoms with E-state index in [2.05, 4.69) is 211 Å². The third-order valence-corrected chi connectivity index (χ3v) is 17.2. The zero-order valence-corrected chi connectivity index (χ0v) is 35.1. The second-order valence-electron chi connectivity index (χ2n) is 16.0. The topological polar surface area (TPSA) is 56.7 Å². The number of hydrogen-bond acceptors (Lipinski definition) is 4. The minimum absolute atomic E-state index is 0.556. The van der Waals surface area contributed by atoms with Crippen LogP contribution in [0, 0.1) is 0 Å². The summed E-state index contributed by atoms with van der Waals surface area (Å²) in [4.78, 5) is 16.1. The molecule has 3 aromatic heterocycles. The molecule has 63 heavy (non-hydrogen) atoms. The molecule has 3 heterocycles. The van der Waals surface area contributed by atoms with Gasteiger partial charge >= 0.3 is 0 Å². The molecule has 0 unspecified atom stereocenters. The summed E-state index contributed by atoms with van der Waals surface area (Å²) in [5, 5.41) is 9.47. The fourth-order valence-corrected chi connectivity index (χ4v) is 14.4. The van der Waals surface area contributed by atoms with Crippen molar-refractivity contribution in [3.05, 3.63) is 231 Å². The molecular formula is C57H38N4OSi. The largest absolute Gasteiger partial charge is 0.456 e. The highest BCUT2D eigenvalue weighted by atomic mass is 28.3. The maximum absolute atomic E-state index is 6.25. The van der Waals surface area contributed by atoms with E-state index in [0.717, 1.165) is 54.9 Å². The summed E-state index contributed by atoms with van der Waals surface area (Å²) >= 11 is 0. The van der Waals surface area contributed by atoms with Crippen molar-refractivity contribution in [1.82, 2.24) is 19.5 Å². The first kappa shape index (κ1) is 36.6. The molecule has 0 amide bonds. The number of aromatic nitrogens is 4. The second-order valence-corrected chi connectivity index (χ2v) is 19.8. The zero-order valence-electron chi connectivity index (χ0n) is 34.1. The van der Waals surface area contributed by atoms with Crippen molar-refractivity contribution in [3.63, 3.8) is 0 Å². The number of benzene rings is 9. The number of fused-ring (bicyclic) bond motifs is 6. The molecule has 0 saturated heterocycles. The van der Waals surface area contributed by atoms with Gasteiger partial charge in [-0.3, -0.25) is 4.57 Å². The molecule has 0 bridgehead atoms. The Morgan fingerprint density at radius 1 is 0.317 bits per heavy atom. The summed E-state index contributed by atoms with van der Waals surface area (Å²) in [7, 11) is -2.98. The van der Waals surface area contributed by atoms with E-state index in [-0.39, 0.29) is 0 Å². The van der Waals surface area contributed by atoms with Gasteiger partial charge in [0, 0.05) is 32.7 Å². The predicted octanol–water partition coefficient (Wildman–Crippen LogP) is 11.2. The number of rotatable bonds is 8. The van der Waals surface area contributed by atoms with E-state index in [9.17, 15) is 0 Å². The minimum Gasteiger partial charge on any atom is -0.456 e. The van der Waals surface area contributed by atoms with Crippen LogP contribution < -0.4 is 20.7 Å². The van der Waals surface area contributed by atoms with Gasteiger partial charge in [-0.15, -0.1) is 0 Å². The van der Waals surface area contributed by atoms with Gasteiger partial charge in [0.1, 0.15) is 11.2 Å². The lowest BCUT2D eigenvalue weighted by Crippen LogP contribution is -2.74. The number of furan rings is 1. The van der Waals surface area contributed by atoms with Gasteiger partial charge in [0.2, 0.25) is 5.95 Å². The molecule has 5 nitrogen and oxygen atoms in total. The molecule has 0 aliphatic carbocycles. The van der Waals surface area contributed by atoms with E-state index >= 15 is 0 Å². The Morgan fingerprint density at radius 2 is 0.778 bits per heavy atom. The van der Waals surface area contributed by atoms with E-state index < -0.39 is 8.07 Å². The molecule has 12 rings (SSSR count). The van der Waals surface area contributed by atoms with E-state index in [1.165, 1.54) is 31.9 Å². The van der Waals surface area contributed by atoms with Crippen LogP contribution >= 0.6 is 0 Å². The summed E-state index contributed by atoms with van der Waals surface area (Å²) in [6, 6.07) is 82.2. The van der Waals surface area contributed by atoms with E-state index in [4.69, 9.17) is 19.4 Å². The lowest BCUT2D eigenvalue weighted by Gasteiger charge is -2.35. The van der Waals surface area contributed by atoms with Crippen molar-refractivity contribution in [2.45, 2.75) is 0 Å². The standard InChI is InChI=1S/C57H38N4OSi/c1-4-18-39(19-5-1)40-20-16-26-45(36-40)63(43-22-6-2-7-23-43,44-24-8-3-9-25-44)46-27-17-21-41(37-46)55-58-56(42-34-35-54-50(38-42)49-30-12-15-33-53(49)62-54)60-57(59-55)61-51-31-13-10-28-47(51)48-29-11-14-32-52(48)61/h1-38H. The van der Waals surface area contributed by atoms with Gasteiger partial charge in [0.25, 0.3) is 0 Å². The molecule has 6 heteroatoms. The van der Waals surface area contributed by atoms with Crippen LogP contribution in [0.5, 0.6) is 0 Å². The number of para-hydroxylation sites is 3. The highest BCUT2D eigenvalue weighted by Gasteiger charge is 2.42. The van der Waals surface area contributed by atoms with Gasteiger partial charge < -0.3 is 4.42 Å². The van der Waals surface area contributed by atoms with Crippen molar-refractivity contribution >= 4 is 72.6 Å². The Kier molecular flexibility index (Phi) is 8.76. The summed E-state index contributed by atoms with van der Waals surface area (Å²) in [6.45, 7) is 0. The Morgan fingerprint density at radius 3 is 1.41 bits per heavy atom. The van der Waals surface area contributed by atoms with Crippen molar-refractivity contribution < 1.29 is 4.42 Å². The molecule has 0 saturated carbocycles. The average Bonchev–Trinajstić information content (AvgIpc) is 3.91. The molecule has 0 fully saturated rings. The predicted molar refractivity (Wildman–Crippen MR) is 261 cm³/mol. The van der Waals surface area contributed by atoms with Crippen LogP contribution in [0.1, 0.15) is 0 Å². The summed E-state index contributed by atoms with van der Waals surface area (Å²) in [5.74, 6) is 1.73. The summed E-state index contributed by atoms with van der Waals surface area (Å²) in [5.41, 5.74) is 7.91. The Labute approximate surface area is 365 Å².